The van der Waals surface area contributed by atoms with Crippen molar-refractivity contribution in [2.24, 2.45) is 5.73 Å². The number of carbonyl (C=O) groups excluding carboxylic acids is 1. The maximum absolute atomic E-state index is 11.8. The molecule has 4 N–H and O–H groups in total. The number of amides is 1. The molecular weight excluding hydrogens is 266 g/mol. The van der Waals surface area contributed by atoms with Gasteiger partial charge in [0.05, 0.1) is 0 Å². The van der Waals surface area contributed by atoms with Gasteiger partial charge in [-0.05, 0) is 48.5 Å². The van der Waals surface area contributed by atoms with Gasteiger partial charge in [-0.2, -0.15) is 0 Å². The fourth-order valence-electron chi connectivity index (χ4n) is 2.35. The summed E-state index contributed by atoms with van der Waals surface area (Å²) in [6, 6.07) is 14.5. The summed E-state index contributed by atoms with van der Waals surface area (Å²) in [4.78, 5) is 13.5. The monoisotopic (exact) mass is 283 g/mol. The van der Waals surface area contributed by atoms with E-state index in [9.17, 15) is 4.79 Å². The minimum absolute atomic E-state index is 0.0645. The Morgan fingerprint density at radius 1 is 1.00 bits per heavy atom. The van der Waals surface area contributed by atoms with E-state index in [1.54, 1.807) is 17.0 Å². The molecule has 21 heavy (non-hydrogen) atoms. The van der Waals surface area contributed by atoms with E-state index in [1.807, 2.05) is 36.4 Å². The van der Waals surface area contributed by atoms with Crippen molar-refractivity contribution in [2.75, 3.05) is 17.2 Å². The van der Waals surface area contributed by atoms with Crippen molar-refractivity contribution in [3.05, 3.63) is 48.5 Å². The quantitative estimate of drug-likeness (QED) is 0.845. The Labute approximate surface area is 123 Å². The highest BCUT2D eigenvalue weighted by molar-refractivity contribution is 5.96. The zero-order valence-corrected chi connectivity index (χ0v) is 11.5. The molecule has 5 heteroatoms. The standard InChI is InChI=1S/C16H17N3O2/c17-11-1-5-14(6-2-11)21-15-7-3-13(4-8-15)19-10-12(18)9-16(19)20/h1-8,12H,9-10,17-18H2. The SMILES string of the molecule is Nc1ccc(Oc2ccc(N3CC(N)CC3=O)cc2)cc1. The van der Waals surface area contributed by atoms with Crippen molar-refractivity contribution in [1.29, 1.82) is 0 Å². The molecule has 1 atom stereocenters. The first kappa shape index (κ1) is 13.5. The third kappa shape index (κ3) is 2.98. The number of nitrogens with two attached hydrogens (primary N) is 2. The van der Waals surface area contributed by atoms with Gasteiger partial charge in [-0.15, -0.1) is 0 Å². The Bertz CT molecular complexity index is 638. The van der Waals surface area contributed by atoms with Gasteiger partial charge >= 0.3 is 0 Å². The zero-order valence-electron chi connectivity index (χ0n) is 11.5. The van der Waals surface area contributed by atoms with Crippen molar-refractivity contribution in [3.63, 3.8) is 0 Å². The molecule has 1 heterocycles. The van der Waals surface area contributed by atoms with Crippen molar-refractivity contribution in [1.82, 2.24) is 0 Å². The van der Waals surface area contributed by atoms with Crippen LogP contribution in [0.25, 0.3) is 0 Å². The summed E-state index contributed by atoms with van der Waals surface area (Å²) < 4.78 is 5.72. The van der Waals surface area contributed by atoms with E-state index in [2.05, 4.69) is 0 Å². The molecule has 1 fully saturated rings. The predicted molar refractivity (Wildman–Crippen MR) is 82.3 cm³/mol. The maximum Gasteiger partial charge on any atom is 0.228 e. The minimum atomic E-state index is -0.0804. The molecule has 3 rings (SSSR count). The molecule has 1 unspecified atom stereocenters. The van der Waals surface area contributed by atoms with Crippen LogP contribution in [-0.2, 0) is 4.79 Å². The second-order valence-corrected chi connectivity index (χ2v) is 5.13. The number of carbonyl (C=O) groups is 1. The molecule has 2 aromatic carbocycles. The highest BCUT2D eigenvalue weighted by Gasteiger charge is 2.27. The second-order valence-electron chi connectivity index (χ2n) is 5.13. The zero-order chi connectivity index (χ0) is 14.8. The summed E-state index contributed by atoms with van der Waals surface area (Å²) in [6.45, 7) is 0.566. The Hall–Kier alpha value is -2.53. The number of hydrogen-bond acceptors (Lipinski definition) is 4. The van der Waals surface area contributed by atoms with Crippen LogP contribution in [-0.4, -0.2) is 18.5 Å². The normalized spacial score (nSPS) is 18.0. The highest BCUT2D eigenvalue weighted by atomic mass is 16.5. The van der Waals surface area contributed by atoms with E-state index in [1.165, 1.54) is 0 Å². The third-order valence-electron chi connectivity index (χ3n) is 3.42. The average molecular weight is 283 g/mol. The summed E-state index contributed by atoms with van der Waals surface area (Å²) in [5.41, 5.74) is 13.0. The molecule has 0 saturated carbocycles. The molecule has 0 spiro atoms. The Kier molecular flexibility index (Phi) is 3.50. The van der Waals surface area contributed by atoms with Crippen molar-refractivity contribution in [3.8, 4) is 11.5 Å². The van der Waals surface area contributed by atoms with Gasteiger partial charge in [-0.1, -0.05) is 0 Å². The largest absolute Gasteiger partial charge is 0.457 e. The molecule has 2 aromatic rings. The highest BCUT2D eigenvalue weighted by Crippen LogP contribution is 2.27. The topological polar surface area (TPSA) is 81.6 Å². The molecule has 108 valence electrons. The summed E-state index contributed by atoms with van der Waals surface area (Å²) >= 11 is 0. The molecule has 1 aliphatic heterocycles. The van der Waals surface area contributed by atoms with E-state index in [0.717, 1.165) is 11.4 Å². The lowest BCUT2D eigenvalue weighted by Crippen LogP contribution is -2.27. The minimum Gasteiger partial charge on any atom is -0.457 e. The molecule has 1 aliphatic rings. The summed E-state index contributed by atoms with van der Waals surface area (Å²) in [5.74, 6) is 1.49. The fourth-order valence-corrected chi connectivity index (χ4v) is 2.35. The van der Waals surface area contributed by atoms with Crippen LogP contribution in [0.3, 0.4) is 0 Å². The van der Waals surface area contributed by atoms with Crippen LogP contribution in [0.1, 0.15) is 6.42 Å². The maximum atomic E-state index is 11.8. The molecule has 5 nitrogen and oxygen atoms in total. The number of anilines is 2. The smallest absolute Gasteiger partial charge is 0.228 e. The summed E-state index contributed by atoms with van der Waals surface area (Å²) in [5, 5.41) is 0. The van der Waals surface area contributed by atoms with E-state index in [-0.39, 0.29) is 11.9 Å². The Balaban J connectivity index is 1.72. The number of nitrogens with zero attached hydrogens (tertiary/aromatic N) is 1. The van der Waals surface area contributed by atoms with E-state index in [0.29, 0.717) is 24.4 Å². The first-order valence-electron chi connectivity index (χ1n) is 6.81. The van der Waals surface area contributed by atoms with Crippen LogP contribution < -0.4 is 21.1 Å². The van der Waals surface area contributed by atoms with Crippen LogP contribution in [0, 0.1) is 0 Å². The summed E-state index contributed by atoms with van der Waals surface area (Å²) in [6.07, 6.45) is 0.406. The predicted octanol–water partition coefficient (Wildman–Crippen LogP) is 2.13. The third-order valence-corrected chi connectivity index (χ3v) is 3.42. The van der Waals surface area contributed by atoms with Gasteiger partial charge in [0.1, 0.15) is 11.5 Å². The number of benzene rings is 2. The second kappa shape index (κ2) is 5.46. The van der Waals surface area contributed by atoms with Gasteiger partial charge in [-0.25, -0.2) is 0 Å². The van der Waals surface area contributed by atoms with Crippen molar-refractivity contribution < 1.29 is 9.53 Å². The fraction of sp³-hybridized carbons (Fsp3) is 0.188. The molecule has 1 saturated heterocycles. The van der Waals surface area contributed by atoms with E-state index in [4.69, 9.17) is 16.2 Å². The van der Waals surface area contributed by atoms with Crippen LogP contribution in [0.2, 0.25) is 0 Å². The van der Waals surface area contributed by atoms with Gasteiger partial charge < -0.3 is 21.1 Å². The molecule has 0 aliphatic carbocycles. The lowest BCUT2D eigenvalue weighted by atomic mass is 10.2. The van der Waals surface area contributed by atoms with Gasteiger partial charge in [0.15, 0.2) is 0 Å². The first-order chi connectivity index (χ1) is 10.1. The average Bonchev–Trinajstić information content (AvgIpc) is 2.81. The summed E-state index contributed by atoms with van der Waals surface area (Å²) in [7, 11) is 0. The molecule has 0 bridgehead atoms. The van der Waals surface area contributed by atoms with Crippen LogP contribution >= 0.6 is 0 Å². The molecule has 0 aromatic heterocycles. The van der Waals surface area contributed by atoms with Crippen molar-refractivity contribution in [2.45, 2.75) is 12.5 Å². The van der Waals surface area contributed by atoms with Gasteiger partial charge in [0.2, 0.25) is 5.91 Å². The molecule has 0 radical (unpaired) electrons. The van der Waals surface area contributed by atoms with Gasteiger partial charge in [-0.3, -0.25) is 4.79 Å². The van der Waals surface area contributed by atoms with Crippen LogP contribution in [0.5, 0.6) is 11.5 Å². The number of nitrogen functional groups attached to an aromatic ring is 1. The van der Waals surface area contributed by atoms with Gasteiger partial charge in [0.25, 0.3) is 0 Å². The van der Waals surface area contributed by atoms with E-state index >= 15 is 0 Å². The first-order valence-corrected chi connectivity index (χ1v) is 6.81. The number of hydrogen-bond donors (Lipinski definition) is 2. The van der Waals surface area contributed by atoms with Crippen LogP contribution in [0.15, 0.2) is 48.5 Å². The number of rotatable bonds is 3. The van der Waals surface area contributed by atoms with Gasteiger partial charge in [0, 0.05) is 30.4 Å². The van der Waals surface area contributed by atoms with Crippen LogP contribution in [0.4, 0.5) is 11.4 Å². The Morgan fingerprint density at radius 3 is 2.10 bits per heavy atom. The van der Waals surface area contributed by atoms with E-state index < -0.39 is 0 Å². The van der Waals surface area contributed by atoms with Crippen molar-refractivity contribution >= 4 is 17.3 Å². The lowest BCUT2D eigenvalue weighted by molar-refractivity contribution is -0.117. The lowest BCUT2D eigenvalue weighted by Gasteiger charge is -2.16. The number of ether oxygens (including phenoxy) is 1. The molecule has 1 amide bonds. The Morgan fingerprint density at radius 2 is 1.57 bits per heavy atom. The molecular formula is C16H17N3O2.